The van der Waals surface area contributed by atoms with E-state index in [1.54, 1.807) is 30.5 Å². The summed E-state index contributed by atoms with van der Waals surface area (Å²) in [6, 6.07) is 12.4. The summed E-state index contributed by atoms with van der Waals surface area (Å²) < 4.78 is 5.15. The van der Waals surface area contributed by atoms with Gasteiger partial charge in [-0.15, -0.1) is 10.2 Å². The Hall–Kier alpha value is -2.86. The molecule has 122 valence electrons. The molecule has 0 saturated heterocycles. The van der Waals surface area contributed by atoms with Gasteiger partial charge in [-0.05, 0) is 48.9 Å². The lowest BCUT2D eigenvalue weighted by Gasteiger charge is -2.09. The molecule has 0 atom stereocenters. The van der Waals surface area contributed by atoms with Gasteiger partial charge in [-0.25, -0.2) is 0 Å². The molecule has 2 N–H and O–H groups in total. The first-order valence-corrected chi connectivity index (χ1v) is 7.67. The van der Waals surface area contributed by atoms with Crippen molar-refractivity contribution < 1.29 is 9.21 Å². The van der Waals surface area contributed by atoms with Crippen LogP contribution < -0.4 is 10.6 Å². The average molecular weight is 343 g/mol. The van der Waals surface area contributed by atoms with Gasteiger partial charge in [-0.1, -0.05) is 17.7 Å². The number of carbonyl (C=O) groups is 1. The maximum absolute atomic E-state index is 12.0. The summed E-state index contributed by atoms with van der Waals surface area (Å²) >= 11 is 5.99. The molecule has 0 aliphatic heterocycles. The SMILES string of the molecule is Cc1ccc(Cl)cc1Nc1ccc(C(=O)NCc2ccco2)nn1. The lowest BCUT2D eigenvalue weighted by molar-refractivity contribution is 0.0942. The zero-order chi connectivity index (χ0) is 16.9. The number of rotatable bonds is 5. The standard InChI is InChI=1S/C17H15ClN4O2/c1-11-4-5-12(18)9-15(11)20-16-7-6-14(21-22-16)17(23)19-10-13-3-2-8-24-13/h2-9H,10H2,1H3,(H,19,23)(H,20,22). The third kappa shape index (κ3) is 3.91. The highest BCUT2D eigenvalue weighted by atomic mass is 35.5. The number of hydrogen-bond acceptors (Lipinski definition) is 5. The molecule has 7 heteroatoms. The molecule has 1 aromatic carbocycles. The monoisotopic (exact) mass is 342 g/mol. The fourth-order valence-electron chi connectivity index (χ4n) is 2.06. The molecule has 1 amide bonds. The minimum atomic E-state index is -0.315. The van der Waals surface area contributed by atoms with Gasteiger partial charge >= 0.3 is 0 Å². The predicted molar refractivity (Wildman–Crippen MR) is 91.4 cm³/mol. The Morgan fingerprint density at radius 3 is 2.79 bits per heavy atom. The first-order valence-electron chi connectivity index (χ1n) is 7.29. The van der Waals surface area contributed by atoms with Gasteiger partial charge in [0.05, 0.1) is 12.8 Å². The van der Waals surface area contributed by atoms with Crippen molar-refractivity contribution >= 4 is 29.0 Å². The summed E-state index contributed by atoms with van der Waals surface area (Å²) in [4.78, 5) is 12.0. The number of aryl methyl sites for hydroxylation is 1. The van der Waals surface area contributed by atoms with Crippen molar-refractivity contribution in [1.29, 1.82) is 0 Å². The second-order valence-corrected chi connectivity index (χ2v) is 5.59. The molecule has 24 heavy (non-hydrogen) atoms. The maximum atomic E-state index is 12.0. The van der Waals surface area contributed by atoms with Crippen LogP contribution in [0, 0.1) is 6.92 Å². The van der Waals surface area contributed by atoms with E-state index in [0.29, 0.717) is 23.1 Å². The van der Waals surface area contributed by atoms with Crippen LogP contribution in [-0.2, 0) is 6.54 Å². The normalized spacial score (nSPS) is 10.4. The third-order valence-electron chi connectivity index (χ3n) is 3.36. The van der Waals surface area contributed by atoms with Gasteiger partial charge in [-0.2, -0.15) is 0 Å². The minimum Gasteiger partial charge on any atom is -0.467 e. The van der Waals surface area contributed by atoms with Gasteiger partial charge < -0.3 is 15.1 Å². The molecular weight excluding hydrogens is 328 g/mol. The van der Waals surface area contributed by atoms with Crippen LogP contribution in [0.25, 0.3) is 0 Å². The van der Waals surface area contributed by atoms with Crippen molar-refractivity contribution in [1.82, 2.24) is 15.5 Å². The zero-order valence-electron chi connectivity index (χ0n) is 12.9. The van der Waals surface area contributed by atoms with Crippen LogP contribution in [0.3, 0.4) is 0 Å². The Morgan fingerprint density at radius 1 is 1.21 bits per heavy atom. The minimum absolute atomic E-state index is 0.231. The van der Waals surface area contributed by atoms with Gasteiger partial charge in [0.25, 0.3) is 5.91 Å². The first-order chi connectivity index (χ1) is 11.6. The Morgan fingerprint density at radius 2 is 2.08 bits per heavy atom. The Bertz CT molecular complexity index is 832. The zero-order valence-corrected chi connectivity index (χ0v) is 13.7. The van der Waals surface area contributed by atoms with E-state index in [1.165, 1.54) is 0 Å². The summed E-state index contributed by atoms with van der Waals surface area (Å²) in [6.07, 6.45) is 1.56. The molecule has 3 aromatic rings. The van der Waals surface area contributed by atoms with E-state index in [9.17, 15) is 4.79 Å². The number of nitrogens with one attached hydrogen (secondary N) is 2. The first kappa shape index (κ1) is 16.0. The van der Waals surface area contributed by atoms with Crippen molar-refractivity contribution in [3.8, 4) is 0 Å². The van der Waals surface area contributed by atoms with Gasteiger partial charge in [0, 0.05) is 10.7 Å². The summed E-state index contributed by atoms with van der Waals surface area (Å²) in [5.41, 5.74) is 2.10. The van der Waals surface area contributed by atoms with Crippen LogP contribution in [0.2, 0.25) is 5.02 Å². The second kappa shape index (κ2) is 7.14. The molecule has 6 nitrogen and oxygen atoms in total. The summed E-state index contributed by atoms with van der Waals surface area (Å²) in [5.74, 6) is 0.887. The number of benzene rings is 1. The summed E-state index contributed by atoms with van der Waals surface area (Å²) in [6.45, 7) is 2.26. The number of furan rings is 1. The van der Waals surface area contributed by atoms with E-state index in [0.717, 1.165) is 11.3 Å². The highest BCUT2D eigenvalue weighted by Crippen LogP contribution is 2.22. The molecule has 0 spiro atoms. The Kier molecular flexibility index (Phi) is 4.77. The lowest BCUT2D eigenvalue weighted by atomic mass is 10.2. The summed E-state index contributed by atoms with van der Waals surface area (Å²) in [7, 11) is 0. The van der Waals surface area contributed by atoms with Crippen molar-refractivity contribution in [3.05, 3.63) is 70.8 Å². The molecule has 0 bridgehead atoms. The largest absolute Gasteiger partial charge is 0.467 e. The molecule has 0 aliphatic rings. The van der Waals surface area contributed by atoms with Crippen LogP contribution in [0.1, 0.15) is 21.8 Å². The number of hydrogen-bond donors (Lipinski definition) is 2. The van der Waals surface area contributed by atoms with E-state index in [2.05, 4.69) is 20.8 Å². The van der Waals surface area contributed by atoms with Crippen LogP contribution in [0.15, 0.2) is 53.1 Å². The van der Waals surface area contributed by atoms with E-state index < -0.39 is 0 Å². The van der Waals surface area contributed by atoms with Gasteiger partial charge in [0.1, 0.15) is 5.76 Å². The van der Waals surface area contributed by atoms with Crippen LogP contribution in [0.5, 0.6) is 0 Å². The molecule has 2 heterocycles. The highest BCUT2D eigenvalue weighted by Gasteiger charge is 2.09. The predicted octanol–water partition coefficient (Wildman–Crippen LogP) is 3.71. The van der Waals surface area contributed by atoms with Crippen LogP contribution in [0.4, 0.5) is 11.5 Å². The fraction of sp³-hybridized carbons (Fsp3) is 0.118. The number of nitrogens with zero attached hydrogens (tertiary/aromatic N) is 2. The van der Waals surface area contributed by atoms with Crippen molar-refractivity contribution in [3.63, 3.8) is 0 Å². The Balaban J connectivity index is 1.64. The molecule has 3 rings (SSSR count). The van der Waals surface area contributed by atoms with E-state index in [4.69, 9.17) is 16.0 Å². The fourth-order valence-corrected chi connectivity index (χ4v) is 2.23. The number of carbonyl (C=O) groups excluding carboxylic acids is 1. The van der Waals surface area contributed by atoms with E-state index in [-0.39, 0.29) is 11.6 Å². The lowest BCUT2D eigenvalue weighted by Crippen LogP contribution is -2.23. The number of anilines is 2. The van der Waals surface area contributed by atoms with Crippen molar-refractivity contribution in [2.24, 2.45) is 0 Å². The number of amides is 1. The van der Waals surface area contributed by atoms with Gasteiger partial charge in [0.2, 0.25) is 0 Å². The van der Waals surface area contributed by atoms with Crippen LogP contribution >= 0.6 is 11.6 Å². The maximum Gasteiger partial charge on any atom is 0.272 e. The number of aromatic nitrogens is 2. The van der Waals surface area contributed by atoms with Gasteiger partial charge in [0.15, 0.2) is 11.5 Å². The van der Waals surface area contributed by atoms with E-state index >= 15 is 0 Å². The second-order valence-electron chi connectivity index (χ2n) is 5.15. The topological polar surface area (TPSA) is 80.0 Å². The molecule has 0 aliphatic carbocycles. The molecule has 0 unspecified atom stereocenters. The van der Waals surface area contributed by atoms with Crippen molar-refractivity contribution in [2.75, 3.05) is 5.32 Å². The van der Waals surface area contributed by atoms with E-state index in [1.807, 2.05) is 25.1 Å². The molecule has 0 fully saturated rings. The molecule has 0 saturated carbocycles. The molecule has 0 radical (unpaired) electrons. The Labute approximate surface area is 143 Å². The average Bonchev–Trinajstić information content (AvgIpc) is 3.10. The molecule has 2 aromatic heterocycles. The smallest absolute Gasteiger partial charge is 0.272 e. The third-order valence-corrected chi connectivity index (χ3v) is 3.60. The van der Waals surface area contributed by atoms with Crippen LogP contribution in [-0.4, -0.2) is 16.1 Å². The highest BCUT2D eigenvalue weighted by molar-refractivity contribution is 6.30. The van der Waals surface area contributed by atoms with Gasteiger partial charge in [-0.3, -0.25) is 4.79 Å². The summed E-state index contributed by atoms with van der Waals surface area (Å²) in [5, 5.41) is 14.4. The number of halogens is 1. The quantitative estimate of drug-likeness (QED) is 0.739. The van der Waals surface area contributed by atoms with Crippen molar-refractivity contribution in [2.45, 2.75) is 13.5 Å². The molecular formula is C17H15ClN4O2.